The van der Waals surface area contributed by atoms with Crippen molar-refractivity contribution in [1.29, 1.82) is 0 Å². The fraction of sp³-hybridized carbons (Fsp3) is 0. The molecule has 134 valence electrons. The van der Waals surface area contributed by atoms with Gasteiger partial charge in [0, 0.05) is 40.8 Å². The van der Waals surface area contributed by atoms with E-state index in [1.165, 1.54) is 6.07 Å². The predicted octanol–water partition coefficient (Wildman–Crippen LogP) is 5.38. The van der Waals surface area contributed by atoms with Crippen LogP contribution < -0.4 is 4.74 Å². The molecule has 0 amide bonds. The lowest BCUT2D eigenvalue weighted by Crippen LogP contribution is -2.22. The maximum atomic E-state index is 13.1. The molecule has 27 heavy (non-hydrogen) atoms. The van der Waals surface area contributed by atoms with Crippen molar-refractivity contribution in [2.75, 3.05) is 0 Å². The zero-order valence-corrected chi connectivity index (χ0v) is 15.3. The Morgan fingerprint density at radius 3 is 2.00 bits per heavy atom. The summed E-state index contributed by atoms with van der Waals surface area (Å²) in [6, 6.07) is 16.7. The van der Waals surface area contributed by atoms with E-state index < -0.39 is 0 Å². The average molecular weight is 396 g/mol. The number of fused-ring (bicyclic) bond motifs is 2. The second-order valence-electron chi connectivity index (χ2n) is 5.76. The van der Waals surface area contributed by atoms with Gasteiger partial charge in [-0.15, -0.1) is 0 Å². The Morgan fingerprint density at radius 2 is 1.37 bits per heavy atom. The van der Waals surface area contributed by atoms with Crippen molar-refractivity contribution >= 4 is 35.7 Å². The van der Waals surface area contributed by atoms with Crippen LogP contribution in [0.5, 0.6) is 11.5 Å². The molecule has 0 aromatic heterocycles. The van der Waals surface area contributed by atoms with Gasteiger partial charge in [0.1, 0.15) is 5.75 Å². The molecule has 0 fully saturated rings. The highest BCUT2D eigenvalue weighted by atomic mass is 32.2. The number of hydrogen-bond donors (Lipinski definition) is 2. The van der Waals surface area contributed by atoms with Crippen LogP contribution in [0.1, 0.15) is 31.8 Å². The molecule has 1 aliphatic carbocycles. The Morgan fingerprint density at radius 1 is 0.741 bits per heavy atom. The molecule has 3 aromatic carbocycles. The van der Waals surface area contributed by atoms with Crippen molar-refractivity contribution in [2.24, 2.45) is 0 Å². The number of carbonyl (C=O) groups is 2. The van der Waals surface area contributed by atoms with Gasteiger partial charge in [0.15, 0.2) is 17.3 Å². The van der Waals surface area contributed by atoms with E-state index in [4.69, 9.17) is 4.74 Å². The van der Waals surface area contributed by atoms with Crippen LogP contribution in [0.4, 0.5) is 0 Å². The van der Waals surface area contributed by atoms with Crippen molar-refractivity contribution in [2.45, 2.75) is 9.79 Å². The molecule has 0 aliphatic heterocycles. The molecule has 0 bridgehead atoms. The average Bonchev–Trinajstić information content (AvgIpc) is 2.72. The minimum atomic E-state index is -0.365. The van der Waals surface area contributed by atoms with Crippen LogP contribution in [0.15, 0.2) is 70.5 Å². The Kier molecular flexibility index (Phi) is 4.75. The summed E-state index contributed by atoms with van der Waals surface area (Å²) in [5, 5.41) is 0. The molecule has 0 saturated heterocycles. The van der Waals surface area contributed by atoms with Crippen LogP contribution in [-0.4, -0.2) is 20.7 Å². The molecule has 4 rings (SSSR count). The number of rotatable bonds is 4. The van der Waals surface area contributed by atoms with Gasteiger partial charge in [0.2, 0.25) is 0 Å². The first-order valence-corrected chi connectivity index (χ1v) is 9.45. The third-order valence-corrected chi connectivity index (χ3v) is 5.48. The first-order valence-electron chi connectivity index (χ1n) is 7.91. The number of ketones is 2. The van der Waals surface area contributed by atoms with Gasteiger partial charge in [-0.05, 0) is 18.2 Å². The SMILES string of the molecule is O=C1c2ccccc2C(=O)c2c1cc(SO)c(SO)c2Oc1ccccc1. The summed E-state index contributed by atoms with van der Waals surface area (Å²) in [6.45, 7) is 0. The normalized spacial score (nSPS) is 12.5. The number of carbonyl (C=O) groups excluding carboxylic acids is 2. The quantitative estimate of drug-likeness (QED) is 0.448. The van der Waals surface area contributed by atoms with Crippen molar-refractivity contribution < 1.29 is 23.4 Å². The highest BCUT2D eigenvalue weighted by molar-refractivity contribution is 7.97. The molecule has 3 aromatic rings. The largest absolute Gasteiger partial charge is 0.455 e. The van der Waals surface area contributed by atoms with Gasteiger partial charge >= 0.3 is 0 Å². The summed E-state index contributed by atoms with van der Waals surface area (Å²) in [4.78, 5) is 26.5. The molecule has 5 nitrogen and oxygen atoms in total. The second-order valence-corrected chi connectivity index (χ2v) is 6.97. The van der Waals surface area contributed by atoms with Gasteiger partial charge < -0.3 is 13.8 Å². The highest BCUT2D eigenvalue weighted by Gasteiger charge is 2.35. The van der Waals surface area contributed by atoms with Gasteiger partial charge in [0.25, 0.3) is 0 Å². The highest BCUT2D eigenvalue weighted by Crippen LogP contribution is 2.45. The lowest BCUT2D eigenvalue weighted by Gasteiger charge is -2.23. The van der Waals surface area contributed by atoms with Crippen LogP contribution >= 0.6 is 24.1 Å². The Bertz CT molecular complexity index is 1060. The summed E-state index contributed by atoms with van der Waals surface area (Å²) in [5.74, 6) is -0.205. The van der Waals surface area contributed by atoms with Crippen molar-refractivity contribution in [1.82, 2.24) is 0 Å². The summed E-state index contributed by atoms with van der Waals surface area (Å²) in [7, 11) is 0. The van der Waals surface area contributed by atoms with Gasteiger partial charge in [-0.2, -0.15) is 0 Å². The van der Waals surface area contributed by atoms with Gasteiger partial charge in [-0.25, -0.2) is 0 Å². The molecule has 0 saturated carbocycles. The Balaban J connectivity index is 2.00. The zero-order valence-electron chi connectivity index (χ0n) is 13.7. The molecule has 0 heterocycles. The van der Waals surface area contributed by atoms with E-state index in [-0.39, 0.29) is 43.8 Å². The number of ether oxygens (including phenoxy) is 1. The first-order chi connectivity index (χ1) is 13.2. The lowest BCUT2D eigenvalue weighted by molar-refractivity contribution is 0.0976. The van der Waals surface area contributed by atoms with Gasteiger partial charge in [-0.3, -0.25) is 9.59 Å². The molecular formula is C20H12O5S2. The van der Waals surface area contributed by atoms with Gasteiger partial charge in [0.05, 0.1) is 15.4 Å². The summed E-state index contributed by atoms with van der Waals surface area (Å²) in [6.07, 6.45) is 0. The van der Waals surface area contributed by atoms with Crippen molar-refractivity contribution in [3.8, 4) is 11.5 Å². The number of hydrogen-bond acceptors (Lipinski definition) is 7. The summed E-state index contributed by atoms with van der Waals surface area (Å²) < 4.78 is 25.3. The fourth-order valence-corrected chi connectivity index (χ4v) is 3.98. The van der Waals surface area contributed by atoms with E-state index in [9.17, 15) is 18.7 Å². The monoisotopic (exact) mass is 396 g/mol. The number of benzene rings is 3. The van der Waals surface area contributed by atoms with Gasteiger partial charge in [-0.1, -0.05) is 42.5 Å². The van der Waals surface area contributed by atoms with Crippen LogP contribution in [0, 0.1) is 0 Å². The number of para-hydroxylation sites is 1. The van der Waals surface area contributed by atoms with E-state index in [0.29, 0.717) is 35.4 Å². The molecule has 0 radical (unpaired) electrons. The molecule has 0 unspecified atom stereocenters. The Labute approximate surface area is 163 Å². The van der Waals surface area contributed by atoms with E-state index in [2.05, 4.69) is 0 Å². The maximum Gasteiger partial charge on any atom is 0.198 e. The molecule has 7 heteroatoms. The van der Waals surface area contributed by atoms with E-state index in [1.807, 2.05) is 6.07 Å². The van der Waals surface area contributed by atoms with Crippen LogP contribution in [0.2, 0.25) is 0 Å². The molecule has 0 atom stereocenters. The second kappa shape index (κ2) is 7.21. The van der Waals surface area contributed by atoms with Crippen molar-refractivity contribution in [3.05, 3.63) is 82.9 Å². The topological polar surface area (TPSA) is 83.8 Å². The smallest absolute Gasteiger partial charge is 0.198 e. The van der Waals surface area contributed by atoms with E-state index >= 15 is 0 Å². The van der Waals surface area contributed by atoms with E-state index in [0.717, 1.165) is 0 Å². The predicted molar refractivity (Wildman–Crippen MR) is 103 cm³/mol. The molecular weight excluding hydrogens is 384 g/mol. The fourth-order valence-electron chi connectivity index (χ4n) is 3.04. The molecule has 2 N–H and O–H groups in total. The third kappa shape index (κ3) is 2.94. The molecule has 1 aliphatic rings. The van der Waals surface area contributed by atoms with Crippen LogP contribution in [0.25, 0.3) is 0 Å². The molecule has 0 spiro atoms. The Hall–Kier alpha value is -2.58. The zero-order chi connectivity index (χ0) is 19.0. The summed E-state index contributed by atoms with van der Waals surface area (Å²) >= 11 is 0.732. The van der Waals surface area contributed by atoms with Crippen molar-refractivity contribution in [3.63, 3.8) is 0 Å². The van der Waals surface area contributed by atoms with Crippen LogP contribution in [-0.2, 0) is 0 Å². The third-order valence-electron chi connectivity index (χ3n) is 4.24. The van der Waals surface area contributed by atoms with Crippen LogP contribution in [0.3, 0.4) is 0 Å². The first kappa shape index (κ1) is 17.8. The minimum absolute atomic E-state index is 0.0515. The standard InChI is InChI=1S/C20H12O5S2/c21-17-12-8-4-5-9-13(12)18(22)16-14(17)10-15(26-23)20(27-24)19(16)25-11-6-2-1-3-7-11/h1-10,23-24H. The lowest BCUT2D eigenvalue weighted by atomic mass is 9.83. The van der Waals surface area contributed by atoms with E-state index in [1.54, 1.807) is 48.5 Å². The summed E-state index contributed by atoms with van der Waals surface area (Å²) in [5.41, 5.74) is 0.807. The maximum absolute atomic E-state index is 13.1. The minimum Gasteiger partial charge on any atom is -0.455 e.